The summed E-state index contributed by atoms with van der Waals surface area (Å²) in [6, 6.07) is 0. The van der Waals surface area contributed by atoms with Crippen molar-refractivity contribution < 1.29 is 4.74 Å². The third kappa shape index (κ3) is 2.19. The summed E-state index contributed by atoms with van der Waals surface area (Å²) in [6.45, 7) is 2.02. The predicted molar refractivity (Wildman–Crippen MR) is 49.8 cm³/mol. The van der Waals surface area contributed by atoms with Crippen molar-refractivity contribution in [1.82, 2.24) is 0 Å². The van der Waals surface area contributed by atoms with E-state index in [1.165, 1.54) is 0 Å². The normalized spacial score (nSPS) is 17.9. The smallest absolute Gasteiger partial charge is 0.223 e. The van der Waals surface area contributed by atoms with Gasteiger partial charge in [0.1, 0.15) is 0 Å². The van der Waals surface area contributed by atoms with Gasteiger partial charge in [-0.15, -0.1) is 0 Å². The number of methoxy groups -OCH3 is 1. The topological polar surface area (TPSA) is 21.6 Å². The average Bonchev–Trinajstić information content (AvgIpc) is 2.15. The molecule has 11 heavy (non-hydrogen) atoms. The second-order valence-electron chi connectivity index (χ2n) is 2.32. The summed E-state index contributed by atoms with van der Waals surface area (Å²) < 4.78 is 6.03. The molecular weight excluding hydrogens is 206 g/mol. The van der Waals surface area contributed by atoms with Crippen LogP contribution in [0.1, 0.15) is 13.3 Å². The number of allylic oxidation sites excluding steroid dienone is 3. The molecule has 1 rings (SSSR count). The summed E-state index contributed by atoms with van der Waals surface area (Å²) in [7, 11) is 1.62. The van der Waals surface area contributed by atoms with Crippen LogP contribution in [0.15, 0.2) is 27.0 Å². The lowest BCUT2D eigenvalue weighted by atomic mass is 10.3. The molecular formula is C8H10BrNO. The summed E-state index contributed by atoms with van der Waals surface area (Å²) in [4.78, 5) is 4.12. The Labute approximate surface area is 74.8 Å². The molecule has 1 aliphatic rings. The molecule has 0 saturated heterocycles. The molecule has 0 unspecified atom stereocenters. The summed E-state index contributed by atoms with van der Waals surface area (Å²) in [5.41, 5.74) is 1.16. The first kappa shape index (κ1) is 8.53. The highest BCUT2D eigenvalue weighted by Crippen LogP contribution is 2.21. The molecule has 0 aromatic heterocycles. The lowest BCUT2D eigenvalue weighted by Crippen LogP contribution is -1.84. The Morgan fingerprint density at radius 2 is 2.36 bits per heavy atom. The summed E-state index contributed by atoms with van der Waals surface area (Å²) in [5.74, 6) is 0.665. The predicted octanol–water partition coefficient (Wildman–Crippen LogP) is 2.62. The SMILES string of the molecule is COC1=C(Br)CC=C(C)C=N1. The van der Waals surface area contributed by atoms with E-state index >= 15 is 0 Å². The quantitative estimate of drug-likeness (QED) is 0.660. The molecule has 0 radical (unpaired) electrons. The lowest BCUT2D eigenvalue weighted by molar-refractivity contribution is 0.287. The van der Waals surface area contributed by atoms with Crippen LogP contribution in [0.2, 0.25) is 0 Å². The van der Waals surface area contributed by atoms with Crippen molar-refractivity contribution in [2.75, 3.05) is 7.11 Å². The van der Waals surface area contributed by atoms with Crippen molar-refractivity contribution in [1.29, 1.82) is 0 Å². The molecule has 0 aromatic rings. The standard InChI is InChI=1S/C8H10BrNO/c1-6-3-4-7(9)8(11-2)10-5-6/h3,5H,4H2,1-2H3. The van der Waals surface area contributed by atoms with Gasteiger partial charge in [-0.3, -0.25) is 0 Å². The number of hydrogen-bond acceptors (Lipinski definition) is 2. The first-order valence-corrected chi connectivity index (χ1v) is 4.17. The molecule has 0 aliphatic carbocycles. The Morgan fingerprint density at radius 3 is 3.00 bits per heavy atom. The maximum atomic E-state index is 5.03. The van der Waals surface area contributed by atoms with Gasteiger partial charge in [0.05, 0.1) is 11.6 Å². The molecule has 1 heterocycles. The molecule has 3 heteroatoms. The van der Waals surface area contributed by atoms with Gasteiger partial charge in [-0.05, 0) is 28.4 Å². The van der Waals surface area contributed by atoms with Crippen LogP contribution < -0.4 is 0 Å². The monoisotopic (exact) mass is 215 g/mol. The molecule has 0 N–H and O–H groups in total. The number of hydrogen-bond donors (Lipinski definition) is 0. The highest BCUT2D eigenvalue weighted by Gasteiger charge is 2.03. The van der Waals surface area contributed by atoms with Gasteiger partial charge in [0.2, 0.25) is 5.88 Å². The van der Waals surface area contributed by atoms with Crippen molar-refractivity contribution in [2.45, 2.75) is 13.3 Å². The van der Waals surface area contributed by atoms with E-state index in [1.54, 1.807) is 13.3 Å². The molecule has 2 nitrogen and oxygen atoms in total. The number of rotatable bonds is 1. The van der Waals surface area contributed by atoms with Crippen LogP contribution in [0.4, 0.5) is 0 Å². The zero-order chi connectivity index (χ0) is 8.27. The van der Waals surface area contributed by atoms with Crippen LogP contribution in [-0.4, -0.2) is 13.3 Å². The van der Waals surface area contributed by atoms with Crippen molar-refractivity contribution >= 4 is 22.1 Å². The number of aliphatic imine (C=N–C) groups is 1. The zero-order valence-electron chi connectivity index (χ0n) is 6.60. The molecule has 0 bridgehead atoms. The van der Waals surface area contributed by atoms with Gasteiger partial charge in [0.15, 0.2) is 0 Å². The van der Waals surface area contributed by atoms with Crippen LogP contribution in [0, 0.1) is 0 Å². The van der Waals surface area contributed by atoms with E-state index in [2.05, 4.69) is 27.0 Å². The van der Waals surface area contributed by atoms with Gasteiger partial charge in [-0.2, -0.15) is 0 Å². The fraction of sp³-hybridized carbons (Fsp3) is 0.375. The Morgan fingerprint density at radius 1 is 1.64 bits per heavy atom. The maximum absolute atomic E-state index is 5.03. The largest absolute Gasteiger partial charge is 0.480 e. The summed E-state index contributed by atoms with van der Waals surface area (Å²) >= 11 is 3.39. The third-order valence-corrected chi connectivity index (χ3v) is 2.08. The minimum absolute atomic E-state index is 0.665. The van der Waals surface area contributed by atoms with Crippen molar-refractivity contribution in [2.24, 2.45) is 4.99 Å². The molecule has 1 aliphatic heterocycles. The second kappa shape index (κ2) is 3.72. The summed E-state index contributed by atoms with van der Waals surface area (Å²) in [6.07, 6.45) is 4.75. The Kier molecular flexibility index (Phi) is 2.88. The highest BCUT2D eigenvalue weighted by atomic mass is 79.9. The Balaban J connectivity index is 2.87. The summed E-state index contributed by atoms with van der Waals surface area (Å²) in [5, 5.41) is 0. The number of halogens is 1. The van der Waals surface area contributed by atoms with E-state index in [1.807, 2.05) is 6.92 Å². The van der Waals surface area contributed by atoms with E-state index in [0.717, 1.165) is 16.5 Å². The van der Waals surface area contributed by atoms with E-state index in [4.69, 9.17) is 4.74 Å². The molecule has 0 saturated carbocycles. The fourth-order valence-electron chi connectivity index (χ4n) is 0.785. The van der Waals surface area contributed by atoms with E-state index < -0.39 is 0 Å². The van der Waals surface area contributed by atoms with Crippen molar-refractivity contribution in [3.63, 3.8) is 0 Å². The van der Waals surface area contributed by atoms with Gasteiger partial charge < -0.3 is 4.74 Å². The van der Waals surface area contributed by atoms with E-state index in [-0.39, 0.29) is 0 Å². The molecule has 0 amide bonds. The van der Waals surface area contributed by atoms with E-state index in [9.17, 15) is 0 Å². The average molecular weight is 216 g/mol. The van der Waals surface area contributed by atoms with Crippen LogP contribution in [0.3, 0.4) is 0 Å². The van der Waals surface area contributed by atoms with Crippen molar-refractivity contribution in [3.05, 3.63) is 22.0 Å². The molecule has 60 valence electrons. The van der Waals surface area contributed by atoms with Gasteiger partial charge in [0.25, 0.3) is 0 Å². The first-order valence-electron chi connectivity index (χ1n) is 3.37. The minimum Gasteiger partial charge on any atom is -0.480 e. The molecule has 0 spiro atoms. The first-order chi connectivity index (χ1) is 5.24. The highest BCUT2D eigenvalue weighted by molar-refractivity contribution is 9.11. The maximum Gasteiger partial charge on any atom is 0.223 e. The molecule has 0 atom stereocenters. The zero-order valence-corrected chi connectivity index (χ0v) is 8.18. The van der Waals surface area contributed by atoms with Crippen LogP contribution in [-0.2, 0) is 4.74 Å². The van der Waals surface area contributed by atoms with Crippen LogP contribution in [0.25, 0.3) is 0 Å². The van der Waals surface area contributed by atoms with Gasteiger partial charge >= 0.3 is 0 Å². The molecule has 0 aromatic carbocycles. The third-order valence-electron chi connectivity index (χ3n) is 1.41. The fourth-order valence-corrected chi connectivity index (χ4v) is 1.21. The lowest BCUT2D eigenvalue weighted by Gasteiger charge is -1.99. The number of ether oxygens (including phenoxy) is 1. The van der Waals surface area contributed by atoms with Gasteiger partial charge in [0, 0.05) is 12.6 Å². The number of nitrogens with zero attached hydrogens (tertiary/aromatic N) is 1. The van der Waals surface area contributed by atoms with Crippen molar-refractivity contribution in [3.8, 4) is 0 Å². The minimum atomic E-state index is 0.665. The van der Waals surface area contributed by atoms with Gasteiger partial charge in [-0.1, -0.05) is 6.08 Å². The molecule has 0 fully saturated rings. The van der Waals surface area contributed by atoms with Crippen LogP contribution >= 0.6 is 15.9 Å². The Hall–Kier alpha value is -0.570. The van der Waals surface area contributed by atoms with E-state index in [0.29, 0.717) is 5.88 Å². The van der Waals surface area contributed by atoms with Gasteiger partial charge in [-0.25, -0.2) is 4.99 Å². The van der Waals surface area contributed by atoms with Crippen LogP contribution in [0.5, 0.6) is 0 Å². The Bertz CT molecular complexity index is 240. The second-order valence-corrected chi connectivity index (χ2v) is 3.28.